The number of rotatable bonds is 3. The summed E-state index contributed by atoms with van der Waals surface area (Å²) in [6.45, 7) is 11.2. The van der Waals surface area contributed by atoms with Gasteiger partial charge in [0.15, 0.2) is 0 Å². The standard InChI is InChI=1S/C9H12Cl2/c1-6(2)5-9(7(3)10)8(4)11/h5-6H,3-4H2,1-2H3. The molecule has 0 nitrogen and oxygen atoms in total. The Labute approximate surface area is 78.2 Å². The van der Waals surface area contributed by atoms with E-state index < -0.39 is 0 Å². The van der Waals surface area contributed by atoms with Crippen LogP contribution in [-0.4, -0.2) is 0 Å². The molecule has 0 radical (unpaired) electrons. The third-order valence-corrected chi connectivity index (χ3v) is 1.49. The quantitative estimate of drug-likeness (QED) is 0.589. The fourth-order valence-electron chi connectivity index (χ4n) is 0.661. The zero-order valence-electron chi connectivity index (χ0n) is 6.82. The molecule has 0 amide bonds. The molecule has 0 spiro atoms. The first-order valence-corrected chi connectivity index (χ1v) is 4.12. The number of hydrogen-bond donors (Lipinski definition) is 0. The number of halogens is 2. The minimum absolute atomic E-state index is 0.399. The summed E-state index contributed by atoms with van der Waals surface area (Å²) in [6, 6.07) is 0. The molecular weight excluding hydrogens is 179 g/mol. The summed E-state index contributed by atoms with van der Waals surface area (Å²) in [6.07, 6.45) is 1.94. The van der Waals surface area contributed by atoms with Crippen LogP contribution in [0.4, 0.5) is 0 Å². The van der Waals surface area contributed by atoms with E-state index in [1.807, 2.05) is 19.9 Å². The summed E-state index contributed by atoms with van der Waals surface area (Å²) in [7, 11) is 0. The van der Waals surface area contributed by atoms with Gasteiger partial charge in [0.1, 0.15) is 0 Å². The Balaban J connectivity index is 4.60. The van der Waals surface area contributed by atoms with Gasteiger partial charge >= 0.3 is 0 Å². The lowest BCUT2D eigenvalue weighted by atomic mass is 10.1. The molecule has 0 saturated heterocycles. The molecule has 2 heteroatoms. The van der Waals surface area contributed by atoms with Gasteiger partial charge in [-0.1, -0.05) is 56.3 Å². The monoisotopic (exact) mass is 190 g/mol. The molecule has 0 aromatic heterocycles. The molecule has 0 rings (SSSR count). The van der Waals surface area contributed by atoms with E-state index in [1.165, 1.54) is 0 Å². The van der Waals surface area contributed by atoms with Crippen LogP contribution in [0.1, 0.15) is 13.8 Å². The molecule has 0 atom stereocenters. The molecule has 0 aliphatic heterocycles. The Kier molecular flexibility index (Phi) is 4.55. The lowest BCUT2D eigenvalue weighted by Gasteiger charge is -2.04. The van der Waals surface area contributed by atoms with E-state index in [4.69, 9.17) is 23.2 Å². The van der Waals surface area contributed by atoms with E-state index in [-0.39, 0.29) is 0 Å². The Bertz CT molecular complexity index is 184. The van der Waals surface area contributed by atoms with Gasteiger partial charge in [-0.15, -0.1) is 0 Å². The molecular formula is C9H12Cl2. The summed E-state index contributed by atoms with van der Waals surface area (Å²) in [5, 5.41) is 0.886. The second kappa shape index (κ2) is 4.63. The molecule has 0 N–H and O–H groups in total. The smallest absolute Gasteiger partial charge is 0.0418 e. The van der Waals surface area contributed by atoms with Crippen molar-refractivity contribution in [2.75, 3.05) is 0 Å². The van der Waals surface area contributed by atoms with Crippen molar-refractivity contribution < 1.29 is 0 Å². The molecule has 11 heavy (non-hydrogen) atoms. The van der Waals surface area contributed by atoms with E-state index in [2.05, 4.69) is 13.2 Å². The molecule has 0 unspecified atom stereocenters. The van der Waals surface area contributed by atoms with Crippen LogP contribution in [0, 0.1) is 5.92 Å². The number of allylic oxidation sites excluding steroid dienone is 4. The van der Waals surface area contributed by atoms with Gasteiger partial charge in [0, 0.05) is 15.6 Å². The normalized spacial score (nSPS) is 9.55. The predicted octanol–water partition coefficient (Wildman–Crippen LogP) is 4.07. The maximum atomic E-state index is 5.67. The van der Waals surface area contributed by atoms with Gasteiger partial charge in [-0.25, -0.2) is 0 Å². The van der Waals surface area contributed by atoms with E-state index >= 15 is 0 Å². The summed E-state index contributed by atoms with van der Waals surface area (Å²) in [5.74, 6) is 0.399. The lowest BCUT2D eigenvalue weighted by molar-refractivity contribution is 0.827. The van der Waals surface area contributed by atoms with Crippen molar-refractivity contribution in [2.24, 2.45) is 5.92 Å². The fraction of sp³-hybridized carbons (Fsp3) is 0.333. The van der Waals surface area contributed by atoms with Gasteiger partial charge in [-0.05, 0) is 5.92 Å². The molecule has 0 aromatic carbocycles. The molecule has 0 heterocycles. The van der Waals surface area contributed by atoms with Crippen molar-refractivity contribution >= 4 is 23.2 Å². The zero-order chi connectivity index (χ0) is 9.02. The van der Waals surface area contributed by atoms with Gasteiger partial charge < -0.3 is 0 Å². The topological polar surface area (TPSA) is 0 Å². The Morgan fingerprint density at radius 2 is 1.55 bits per heavy atom. The van der Waals surface area contributed by atoms with Crippen LogP contribution in [0.2, 0.25) is 0 Å². The minimum atomic E-state index is 0.399. The Morgan fingerprint density at radius 3 is 1.64 bits per heavy atom. The molecule has 0 aliphatic carbocycles. The first-order chi connectivity index (χ1) is 4.95. The Hall–Kier alpha value is -0.200. The summed E-state index contributed by atoms with van der Waals surface area (Å²) in [5.41, 5.74) is 0.739. The largest absolute Gasteiger partial charge is 0.0843 e. The second-order valence-corrected chi connectivity index (χ2v) is 3.55. The van der Waals surface area contributed by atoms with Gasteiger partial charge in [0.25, 0.3) is 0 Å². The van der Waals surface area contributed by atoms with Crippen LogP contribution in [-0.2, 0) is 0 Å². The fourth-order valence-corrected chi connectivity index (χ4v) is 1.06. The van der Waals surface area contributed by atoms with Gasteiger partial charge in [0.2, 0.25) is 0 Å². The van der Waals surface area contributed by atoms with E-state index in [0.717, 1.165) is 5.57 Å². The van der Waals surface area contributed by atoms with Crippen LogP contribution in [0.15, 0.2) is 34.9 Å². The maximum Gasteiger partial charge on any atom is 0.0418 e. The highest BCUT2D eigenvalue weighted by molar-refractivity contribution is 6.37. The molecule has 62 valence electrons. The molecule has 0 saturated carbocycles. The minimum Gasteiger partial charge on any atom is -0.0843 e. The predicted molar refractivity (Wildman–Crippen MR) is 52.9 cm³/mol. The van der Waals surface area contributed by atoms with Crippen molar-refractivity contribution in [1.82, 2.24) is 0 Å². The van der Waals surface area contributed by atoms with E-state index in [9.17, 15) is 0 Å². The molecule has 0 aliphatic rings. The third kappa shape index (κ3) is 4.28. The first kappa shape index (κ1) is 10.8. The van der Waals surface area contributed by atoms with Gasteiger partial charge in [0.05, 0.1) is 0 Å². The van der Waals surface area contributed by atoms with E-state index in [0.29, 0.717) is 16.0 Å². The highest BCUT2D eigenvalue weighted by Gasteiger charge is 2.02. The van der Waals surface area contributed by atoms with Crippen molar-refractivity contribution in [1.29, 1.82) is 0 Å². The highest BCUT2D eigenvalue weighted by atomic mass is 35.5. The Morgan fingerprint density at radius 1 is 1.18 bits per heavy atom. The third-order valence-electron chi connectivity index (χ3n) is 1.08. The number of hydrogen-bond acceptors (Lipinski definition) is 0. The molecule has 0 bridgehead atoms. The average molecular weight is 191 g/mol. The SMILES string of the molecule is C=C(Cl)C(=CC(C)C)C(=C)Cl. The maximum absolute atomic E-state index is 5.67. The van der Waals surface area contributed by atoms with E-state index in [1.54, 1.807) is 0 Å². The van der Waals surface area contributed by atoms with Gasteiger partial charge in [-0.3, -0.25) is 0 Å². The molecule has 0 aromatic rings. The van der Waals surface area contributed by atoms with Gasteiger partial charge in [-0.2, -0.15) is 0 Å². The zero-order valence-corrected chi connectivity index (χ0v) is 8.34. The van der Waals surface area contributed by atoms with Crippen LogP contribution >= 0.6 is 23.2 Å². The average Bonchev–Trinajstić information content (AvgIpc) is 1.81. The van der Waals surface area contributed by atoms with Crippen LogP contribution in [0.5, 0.6) is 0 Å². The summed E-state index contributed by atoms with van der Waals surface area (Å²) < 4.78 is 0. The van der Waals surface area contributed by atoms with Crippen molar-refractivity contribution in [3.8, 4) is 0 Å². The van der Waals surface area contributed by atoms with Crippen molar-refractivity contribution in [2.45, 2.75) is 13.8 Å². The molecule has 0 fully saturated rings. The lowest BCUT2D eigenvalue weighted by Crippen LogP contribution is -1.86. The van der Waals surface area contributed by atoms with Crippen LogP contribution < -0.4 is 0 Å². The second-order valence-electron chi connectivity index (χ2n) is 2.63. The van der Waals surface area contributed by atoms with Crippen molar-refractivity contribution in [3.63, 3.8) is 0 Å². The first-order valence-electron chi connectivity index (χ1n) is 3.36. The summed E-state index contributed by atoms with van der Waals surface area (Å²) >= 11 is 11.3. The van der Waals surface area contributed by atoms with Crippen LogP contribution in [0.3, 0.4) is 0 Å². The highest BCUT2D eigenvalue weighted by Crippen LogP contribution is 2.24. The van der Waals surface area contributed by atoms with Crippen molar-refractivity contribution in [3.05, 3.63) is 34.9 Å². The summed E-state index contributed by atoms with van der Waals surface area (Å²) in [4.78, 5) is 0. The van der Waals surface area contributed by atoms with Crippen LogP contribution in [0.25, 0.3) is 0 Å².